The molecular weight excluding hydrogens is 544 g/mol. The van der Waals surface area contributed by atoms with Crippen LogP contribution in [0.25, 0.3) is 22.2 Å². The summed E-state index contributed by atoms with van der Waals surface area (Å²) in [7, 11) is 2.14. The van der Waals surface area contributed by atoms with Crippen LogP contribution in [0, 0.1) is 11.8 Å². The highest BCUT2D eigenvalue weighted by Crippen LogP contribution is 2.30. The quantitative estimate of drug-likeness (QED) is 0.381. The van der Waals surface area contributed by atoms with Crippen LogP contribution in [0.5, 0.6) is 0 Å². The van der Waals surface area contributed by atoms with Gasteiger partial charge in [0, 0.05) is 63.0 Å². The van der Waals surface area contributed by atoms with E-state index in [-0.39, 0.29) is 12.0 Å². The van der Waals surface area contributed by atoms with Gasteiger partial charge in [0.1, 0.15) is 5.82 Å². The molecule has 2 aliphatic heterocycles. The van der Waals surface area contributed by atoms with Gasteiger partial charge in [0.05, 0.1) is 29.4 Å². The molecule has 43 heavy (non-hydrogen) atoms. The van der Waals surface area contributed by atoms with Crippen molar-refractivity contribution in [3.63, 3.8) is 0 Å². The van der Waals surface area contributed by atoms with E-state index < -0.39 is 6.09 Å². The summed E-state index contributed by atoms with van der Waals surface area (Å²) >= 11 is 0. The van der Waals surface area contributed by atoms with E-state index in [2.05, 4.69) is 22.2 Å². The summed E-state index contributed by atoms with van der Waals surface area (Å²) in [4.78, 5) is 41.0. The topological polar surface area (TPSA) is 111 Å². The van der Waals surface area contributed by atoms with Gasteiger partial charge in [-0.2, -0.15) is 0 Å². The van der Waals surface area contributed by atoms with Crippen LogP contribution >= 0.6 is 0 Å². The zero-order valence-corrected chi connectivity index (χ0v) is 25.0. The van der Waals surface area contributed by atoms with E-state index in [0.29, 0.717) is 37.0 Å². The summed E-state index contributed by atoms with van der Waals surface area (Å²) in [5, 5.41) is 13.7. The number of carboxylic acid groups (broad SMARTS) is 1. The van der Waals surface area contributed by atoms with Gasteiger partial charge in [-0.15, -0.1) is 0 Å². The number of anilines is 1. The van der Waals surface area contributed by atoms with Crippen molar-refractivity contribution in [1.82, 2.24) is 25.1 Å². The number of likely N-dealkylation sites (N-methyl/N-ethyl adjacent to an activating group) is 1. The Labute approximate surface area is 253 Å². The highest BCUT2D eigenvalue weighted by atomic mass is 16.5. The number of hydrogen-bond donors (Lipinski definition) is 2. The minimum absolute atomic E-state index is 0.0464. The summed E-state index contributed by atoms with van der Waals surface area (Å²) in [5.74, 6) is 1.60. The summed E-state index contributed by atoms with van der Waals surface area (Å²) in [6, 6.07) is 13.7. The summed E-state index contributed by atoms with van der Waals surface area (Å²) in [5.41, 5.74) is 3.02. The fourth-order valence-corrected chi connectivity index (χ4v) is 6.44. The SMILES string of the molecule is CN1CCN(c2ccc(-c3cc(C(=O)NCC4CCC(CN(CC5CCO5)C(=O)O)CC4)c4ccccc4n3)cn2)CC1. The first-order valence-corrected chi connectivity index (χ1v) is 15.6. The molecule has 2 N–H and O–H groups in total. The van der Waals surface area contributed by atoms with E-state index in [1.165, 1.54) is 4.90 Å². The average molecular weight is 587 g/mol. The smallest absolute Gasteiger partial charge is 0.407 e. The molecule has 10 nitrogen and oxygen atoms in total. The number of piperazine rings is 1. The molecular formula is C33H42N6O4. The molecule has 3 aliphatic rings. The number of amides is 2. The third kappa shape index (κ3) is 7.08. The van der Waals surface area contributed by atoms with Gasteiger partial charge in [0.15, 0.2) is 0 Å². The van der Waals surface area contributed by atoms with E-state index in [4.69, 9.17) is 14.7 Å². The number of aromatic nitrogens is 2. The molecule has 2 aromatic heterocycles. The molecule has 1 aliphatic carbocycles. The average Bonchev–Trinajstić information content (AvgIpc) is 3.01. The lowest BCUT2D eigenvalue weighted by molar-refractivity contribution is -0.0653. The number of pyridine rings is 2. The summed E-state index contributed by atoms with van der Waals surface area (Å²) < 4.78 is 5.44. The number of para-hydroxylation sites is 1. The normalized spacial score (nSPS) is 22.6. The highest BCUT2D eigenvalue weighted by molar-refractivity contribution is 6.07. The van der Waals surface area contributed by atoms with E-state index in [9.17, 15) is 14.7 Å². The lowest BCUT2D eigenvalue weighted by Crippen LogP contribution is -2.45. The van der Waals surface area contributed by atoms with Crippen molar-refractivity contribution in [2.75, 3.05) is 64.4 Å². The molecule has 4 heterocycles. The van der Waals surface area contributed by atoms with Crippen molar-refractivity contribution in [3.8, 4) is 11.3 Å². The molecule has 0 bridgehead atoms. The largest absolute Gasteiger partial charge is 0.465 e. The van der Waals surface area contributed by atoms with Gasteiger partial charge in [0.2, 0.25) is 0 Å². The minimum atomic E-state index is -0.865. The van der Waals surface area contributed by atoms with Crippen molar-refractivity contribution in [2.45, 2.75) is 38.2 Å². The standard InChI is InChI=1S/C33H42N6O4/c1-37-13-15-38(16-14-37)31-11-10-25(20-34-31)30-18-28(27-4-2-3-5-29(27)36-30)32(40)35-19-23-6-8-24(9-7-23)21-39(33(41)42)22-26-12-17-43-26/h2-5,10-11,18,20,23-24,26H,6-9,12-17,19,21-22H2,1H3,(H,35,40)(H,41,42). The van der Waals surface area contributed by atoms with Crippen LogP contribution in [0.2, 0.25) is 0 Å². The van der Waals surface area contributed by atoms with Crippen LogP contribution in [0.1, 0.15) is 42.5 Å². The van der Waals surface area contributed by atoms with Crippen molar-refractivity contribution < 1.29 is 19.4 Å². The van der Waals surface area contributed by atoms with Gasteiger partial charge in [-0.05, 0) is 75.3 Å². The Hall–Kier alpha value is -3.76. The van der Waals surface area contributed by atoms with Gasteiger partial charge in [0.25, 0.3) is 5.91 Å². The number of rotatable bonds is 9. The van der Waals surface area contributed by atoms with E-state index in [0.717, 1.165) is 92.9 Å². The van der Waals surface area contributed by atoms with Crippen molar-refractivity contribution >= 4 is 28.7 Å². The number of fused-ring (bicyclic) bond motifs is 1. The maximum Gasteiger partial charge on any atom is 0.407 e. The number of carbonyl (C=O) groups excluding carboxylic acids is 1. The molecule has 6 rings (SSSR count). The van der Waals surface area contributed by atoms with Gasteiger partial charge in [-0.3, -0.25) is 4.79 Å². The first-order chi connectivity index (χ1) is 20.9. The monoisotopic (exact) mass is 586 g/mol. The minimum Gasteiger partial charge on any atom is -0.465 e. The molecule has 0 spiro atoms. The van der Waals surface area contributed by atoms with E-state index in [1.807, 2.05) is 48.7 Å². The fraction of sp³-hybridized carbons (Fsp3) is 0.515. The molecule has 0 radical (unpaired) electrons. The lowest BCUT2D eigenvalue weighted by Gasteiger charge is -2.35. The van der Waals surface area contributed by atoms with Crippen LogP contribution in [0.15, 0.2) is 48.7 Å². The Bertz CT molecular complexity index is 1410. The van der Waals surface area contributed by atoms with E-state index in [1.54, 1.807) is 0 Å². The zero-order chi connectivity index (χ0) is 29.8. The number of carbonyl (C=O) groups is 2. The summed E-state index contributed by atoms with van der Waals surface area (Å²) in [6.45, 7) is 6.32. The van der Waals surface area contributed by atoms with Crippen molar-refractivity contribution in [2.24, 2.45) is 11.8 Å². The Morgan fingerprint density at radius 2 is 1.74 bits per heavy atom. The third-order valence-corrected chi connectivity index (χ3v) is 9.32. The van der Waals surface area contributed by atoms with Crippen molar-refractivity contribution in [3.05, 3.63) is 54.2 Å². The predicted octanol–water partition coefficient (Wildman–Crippen LogP) is 4.35. The second kappa shape index (κ2) is 13.3. The van der Waals surface area contributed by atoms with Gasteiger partial charge in [-0.1, -0.05) is 18.2 Å². The van der Waals surface area contributed by atoms with E-state index >= 15 is 0 Å². The van der Waals surface area contributed by atoms with Gasteiger partial charge in [-0.25, -0.2) is 14.8 Å². The molecule has 2 amide bonds. The molecule has 1 atom stereocenters. The van der Waals surface area contributed by atoms with Gasteiger partial charge >= 0.3 is 6.09 Å². The molecule has 1 unspecified atom stereocenters. The van der Waals surface area contributed by atoms with Crippen molar-refractivity contribution in [1.29, 1.82) is 0 Å². The molecule has 1 saturated carbocycles. The Morgan fingerprint density at radius 1 is 1.00 bits per heavy atom. The lowest BCUT2D eigenvalue weighted by atomic mass is 9.81. The van der Waals surface area contributed by atoms with Crippen LogP contribution in [0.3, 0.4) is 0 Å². The number of nitrogens with one attached hydrogen (secondary N) is 1. The van der Waals surface area contributed by atoms with Crippen LogP contribution in [0.4, 0.5) is 10.6 Å². The fourth-order valence-electron chi connectivity index (χ4n) is 6.44. The Balaban J connectivity index is 1.08. The molecule has 10 heteroatoms. The van der Waals surface area contributed by atoms with Crippen LogP contribution in [-0.2, 0) is 4.74 Å². The number of hydrogen-bond acceptors (Lipinski definition) is 7. The van der Waals surface area contributed by atoms with Gasteiger partial charge < -0.3 is 29.9 Å². The Kier molecular flexibility index (Phi) is 9.04. The number of ether oxygens (including phenoxy) is 1. The number of benzene rings is 1. The molecule has 3 fully saturated rings. The maximum absolute atomic E-state index is 13.5. The maximum atomic E-state index is 13.5. The second-order valence-corrected chi connectivity index (χ2v) is 12.3. The van der Waals surface area contributed by atoms with Crippen LogP contribution in [-0.4, -0.2) is 102 Å². The Morgan fingerprint density at radius 3 is 2.42 bits per heavy atom. The second-order valence-electron chi connectivity index (χ2n) is 12.3. The van der Waals surface area contributed by atoms with Crippen LogP contribution < -0.4 is 10.2 Å². The zero-order valence-electron chi connectivity index (χ0n) is 25.0. The first kappa shape index (κ1) is 29.3. The molecule has 228 valence electrons. The molecule has 2 saturated heterocycles. The molecule has 1 aromatic carbocycles. The molecule has 3 aromatic rings. The third-order valence-electron chi connectivity index (χ3n) is 9.32. The predicted molar refractivity (Wildman–Crippen MR) is 166 cm³/mol. The highest BCUT2D eigenvalue weighted by Gasteiger charge is 2.29. The number of nitrogens with zero attached hydrogens (tertiary/aromatic N) is 5. The summed E-state index contributed by atoms with van der Waals surface area (Å²) in [6.07, 6.45) is 5.86. The first-order valence-electron chi connectivity index (χ1n) is 15.6.